The van der Waals surface area contributed by atoms with Gasteiger partial charge in [-0.3, -0.25) is 0 Å². The molecule has 1 aromatic heterocycles. The summed E-state index contributed by atoms with van der Waals surface area (Å²) < 4.78 is 2.27. The number of hydrogen-bond donors (Lipinski definition) is 1. The Morgan fingerprint density at radius 2 is 1.90 bits per heavy atom. The third-order valence-corrected chi connectivity index (χ3v) is 3.39. The van der Waals surface area contributed by atoms with Gasteiger partial charge in [-0.1, -0.05) is 30.3 Å². The Kier molecular flexibility index (Phi) is 4.61. The Hall–Kier alpha value is -1.61. The van der Waals surface area contributed by atoms with E-state index in [-0.39, 0.29) is 5.54 Å². The average Bonchev–Trinajstić information content (AvgIpc) is 2.85. The van der Waals surface area contributed by atoms with Gasteiger partial charge in [0.2, 0.25) is 0 Å². The molecule has 1 heterocycles. The van der Waals surface area contributed by atoms with Crippen molar-refractivity contribution in [2.75, 3.05) is 0 Å². The van der Waals surface area contributed by atoms with E-state index in [1.807, 2.05) is 12.5 Å². The molecule has 0 radical (unpaired) electrons. The third kappa shape index (κ3) is 4.20. The number of nitrogens with one attached hydrogen (secondary N) is 1. The Morgan fingerprint density at radius 1 is 1.20 bits per heavy atom. The highest BCUT2D eigenvalue weighted by atomic mass is 15.1. The lowest BCUT2D eigenvalue weighted by Gasteiger charge is -2.22. The molecule has 2 aromatic rings. The van der Waals surface area contributed by atoms with E-state index in [1.54, 1.807) is 0 Å². The number of benzene rings is 1. The van der Waals surface area contributed by atoms with Gasteiger partial charge in [0.05, 0.1) is 12.0 Å². The molecule has 0 aliphatic rings. The number of nitrogens with zero attached hydrogens (tertiary/aromatic N) is 2. The molecule has 0 bridgehead atoms. The summed E-state index contributed by atoms with van der Waals surface area (Å²) in [4.78, 5) is 4.31. The van der Waals surface area contributed by atoms with Gasteiger partial charge in [0.15, 0.2) is 0 Å². The molecule has 1 N–H and O–H groups in total. The molecule has 0 aliphatic heterocycles. The standard InChI is InChI=1S/C17H25N3/c1-14(10-15-8-6-5-7-9-15)20-13-18-11-16(20)12-19-17(2,3)4/h5-9,11,13-14,19H,10,12H2,1-4H3. The highest BCUT2D eigenvalue weighted by Gasteiger charge is 2.13. The monoisotopic (exact) mass is 271 g/mol. The lowest BCUT2D eigenvalue weighted by Crippen LogP contribution is -2.35. The second-order valence-corrected chi connectivity index (χ2v) is 6.43. The minimum absolute atomic E-state index is 0.123. The van der Waals surface area contributed by atoms with Gasteiger partial charge in [0, 0.05) is 24.3 Å². The fourth-order valence-corrected chi connectivity index (χ4v) is 2.28. The molecule has 0 aliphatic carbocycles. The van der Waals surface area contributed by atoms with Gasteiger partial charge in [0.25, 0.3) is 0 Å². The normalized spacial score (nSPS) is 13.4. The maximum atomic E-state index is 4.31. The van der Waals surface area contributed by atoms with Gasteiger partial charge in [-0.05, 0) is 39.7 Å². The fourth-order valence-electron chi connectivity index (χ4n) is 2.28. The van der Waals surface area contributed by atoms with Crippen LogP contribution in [0.15, 0.2) is 42.9 Å². The van der Waals surface area contributed by atoms with E-state index in [2.05, 4.69) is 72.9 Å². The highest BCUT2D eigenvalue weighted by molar-refractivity contribution is 5.16. The van der Waals surface area contributed by atoms with Crippen molar-refractivity contribution in [3.8, 4) is 0 Å². The number of rotatable bonds is 5. The van der Waals surface area contributed by atoms with Crippen molar-refractivity contribution in [3.63, 3.8) is 0 Å². The van der Waals surface area contributed by atoms with Crippen LogP contribution in [0.5, 0.6) is 0 Å². The van der Waals surface area contributed by atoms with Crippen molar-refractivity contribution in [1.82, 2.24) is 14.9 Å². The van der Waals surface area contributed by atoms with E-state index in [1.165, 1.54) is 11.3 Å². The predicted octanol–water partition coefficient (Wildman–Crippen LogP) is 3.57. The van der Waals surface area contributed by atoms with Crippen molar-refractivity contribution >= 4 is 0 Å². The zero-order valence-electron chi connectivity index (χ0n) is 12.9. The summed E-state index contributed by atoms with van der Waals surface area (Å²) in [5.41, 5.74) is 2.73. The van der Waals surface area contributed by atoms with Crippen LogP contribution in [0.3, 0.4) is 0 Å². The smallest absolute Gasteiger partial charge is 0.0951 e. The van der Waals surface area contributed by atoms with Crippen LogP contribution in [0, 0.1) is 0 Å². The minimum atomic E-state index is 0.123. The maximum absolute atomic E-state index is 4.31. The van der Waals surface area contributed by atoms with Gasteiger partial charge in [-0.25, -0.2) is 4.98 Å². The first-order valence-corrected chi connectivity index (χ1v) is 7.25. The number of imidazole rings is 1. The van der Waals surface area contributed by atoms with E-state index in [0.717, 1.165) is 13.0 Å². The van der Waals surface area contributed by atoms with E-state index < -0.39 is 0 Å². The quantitative estimate of drug-likeness (QED) is 0.901. The number of aromatic nitrogens is 2. The Labute approximate surface area is 122 Å². The molecular weight excluding hydrogens is 246 g/mol. The molecule has 1 unspecified atom stereocenters. The van der Waals surface area contributed by atoms with Gasteiger partial charge in [0.1, 0.15) is 0 Å². The van der Waals surface area contributed by atoms with Crippen molar-refractivity contribution in [2.24, 2.45) is 0 Å². The van der Waals surface area contributed by atoms with Crippen LogP contribution in [-0.4, -0.2) is 15.1 Å². The van der Waals surface area contributed by atoms with Crippen molar-refractivity contribution in [3.05, 3.63) is 54.1 Å². The van der Waals surface area contributed by atoms with Crippen LogP contribution in [0.25, 0.3) is 0 Å². The SMILES string of the molecule is CC(Cc1ccccc1)n1cncc1CNC(C)(C)C. The van der Waals surface area contributed by atoms with Gasteiger partial charge >= 0.3 is 0 Å². The molecular formula is C17H25N3. The van der Waals surface area contributed by atoms with Gasteiger partial charge in [-0.15, -0.1) is 0 Å². The molecule has 0 fully saturated rings. The second kappa shape index (κ2) is 6.23. The first kappa shape index (κ1) is 14.8. The Morgan fingerprint density at radius 3 is 2.55 bits per heavy atom. The first-order valence-electron chi connectivity index (χ1n) is 7.25. The molecule has 108 valence electrons. The summed E-state index contributed by atoms with van der Waals surface area (Å²) in [6.45, 7) is 9.64. The van der Waals surface area contributed by atoms with E-state index >= 15 is 0 Å². The van der Waals surface area contributed by atoms with Gasteiger partial charge in [-0.2, -0.15) is 0 Å². The average molecular weight is 271 g/mol. The van der Waals surface area contributed by atoms with Crippen LogP contribution < -0.4 is 5.32 Å². The molecule has 1 atom stereocenters. The fraction of sp³-hybridized carbons (Fsp3) is 0.471. The lowest BCUT2D eigenvalue weighted by molar-refractivity contribution is 0.408. The molecule has 0 saturated carbocycles. The second-order valence-electron chi connectivity index (χ2n) is 6.43. The summed E-state index contributed by atoms with van der Waals surface area (Å²) in [5, 5.41) is 3.52. The molecule has 20 heavy (non-hydrogen) atoms. The van der Waals surface area contributed by atoms with E-state index in [9.17, 15) is 0 Å². The molecule has 3 heteroatoms. The Balaban J connectivity index is 2.03. The van der Waals surface area contributed by atoms with Crippen LogP contribution in [0.2, 0.25) is 0 Å². The first-order chi connectivity index (χ1) is 9.46. The largest absolute Gasteiger partial charge is 0.330 e. The minimum Gasteiger partial charge on any atom is -0.330 e. The summed E-state index contributed by atoms with van der Waals surface area (Å²) >= 11 is 0. The zero-order chi connectivity index (χ0) is 14.6. The van der Waals surface area contributed by atoms with Crippen molar-refractivity contribution in [1.29, 1.82) is 0 Å². The molecule has 0 saturated heterocycles. The molecule has 0 amide bonds. The summed E-state index contributed by atoms with van der Waals surface area (Å²) in [6, 6.07) is 11.0. The molecule has 1 aromatic carbocycles. The maximum Gasteiger partial charge on any atom is 0.0951 e. The predicted molar refractivity (Wildman–Crippen MR) is 83.7 cm³/mol. The third-order valence-electron chi connectivity index (χ3n) is 3.39. The van der Waals surface area contributed by atoms with Crippen LogP contribution >= 0.6 is 0 Å². The topological polar surface area (TPSA) is 29.9 Å². The van der Waals surface area contributed by atoms with Gasteiger partial charge < -0.3 is 9.88 Å². The molecule has 2 rings (SSSR count). The van der Waals surface area contributed by atoms with Crippen molar-refractivity contribution in [2.45, 2.75) is 52.2 Å². The zero-order valence-corrected chi connectivity index (χ0v) is 12.9. The summed E-state index contributed by atoms with van der Waals surface area (Å²) in [5.74, 6) is 0. The van der Waals surface area contributed by atoms with Crippen molar-refractivity contribution < 1.29 is 0 Å². The van der Waals surface area contributed by atoms with E-state index in [0.29, 0.717) is 6.04 Å². The Bertz CT molecular complexity index is 523. The van der Waals surface area contributed by atoms with Crippen LogP contribution in [0.1, 0.15) is 45.0 Å². The summed E-state index contributed by atoms with van der Waals surface area (Å²) in [6.07, 6.45) is 4.92. The van der Waals surface area contributed by atoms with Crippen LogP contribution in [0.4, 0.5) is 0 Å². The van der Waals surface area contributed by atoms with E-state index in [4.69, 9.17) is 0 Å². The number of hydrogen-bond acceptors (Lipinski definition) is 2. The molecule has 3 nitrogen and oxygen atoms in total. The highest BCUT2D eigenvalue weighted by Crippen LogP contribution is 2.16. The molecule has 0 spiro atoms. The summed E-state index contributed by atoms with van der Waals surface area (Å²) in [7, 11) is 0. The van der Waals surface area contributed by atoms with Crippen LogP contribution in [-0.2, 0) is 13.0 Å². The lowest BCUT2D eigenvalue weighted by atomic mass is 10.1.